The predicted octanol–water partition coefficient (Wildman–Crippen LogP) is 2.89. The van der Waals surface area contributed by atoms with Gasteiger partial charge in [-0.25, -0.2) is 9.78 Å². The van der Waals surface area contributed by atoms with Crippen LogP contribution in [0.5, 0.6) is 0 Å². The van der Waals surface area contributed by atoms with Crippen LogP contribution in [-0.2, 0) is 11.8 Å². The number of carbonyl (C=O) groups is 1. The van der Waals surface area contributed by atoms with E-state index in [0.29, 0.717) is 23.0 Å². The van der Waals surface area contributed by atoms with Crippen molar-refractivity contribution in [1.29, 1.82) is 0 Å². The maximum atomic E-state index is 10.9. The summed E-state index contributed by atoms with van der Waals surface area (Å²) < 4.78 is 0. The molecule has 0 unspecified atom stereocenters. The molecule has 0 aliphatic carbocycles. The second kappa shape index (κ2) is 4.75. The highest BCUT2D eigenvalue weighted by atomic mass is 79.9. The highest BCUT2D eigenvalue weighted by molar-refractivity contribution is 9.08. The van der Waals surface area contributed by atoms with E-state index in [9.17, 15) is 4.79 Å². The Morgan fingerprint density at radius 3 is 2.79 bits per heavy atom. The van der Waals surface area contributed by atoms with Crippen LogP contribution < -0.4 is 0 Å². The summed E-state index contributed by atoms with van der Waals surface area (Å²) in [4.78, 5) is 15.0. The molecule has 0 aliphatic rings. The predicted molar refractivity (Wildman–Crippen MR) is 58.2 cm³/mol. The fourth-order valence-electron chi connectivity index (χ4n) is 1.09. The van der Waals surface area contributed by atoms with Crippen molar-refractivity contribution in [2.45, 2.75) is 18.7 Å². The Kier molecular flexibility index (Phi) is 3.89. The van der Waals surface area contributed by atoms with Gasteiger partial charge in [0, 0.05) is 16.6 Å². The number of pyridine rings is 1. The fourth-order valence-corrected chi connectivity index (χ4v) is 2.10. The summed E-state index contributed by atoms with van der Waals surface area (Å²) in [5, 5.41) is 9.59. The third kappa shape index (κ3) is 2.25. The molecule has 1 rings (SSSR count). The van der Waals surface area contributed by atoms with Gasteiger partial charge >= 0.3 is 5.97 Å². The number of carboxylic acid groups (broad SMARTS) is 1. The molecular formula is C9H9BrClNO2. The number of aromatic nitrogens is 1. The molecule has 0 radical (unpaired) electrons. The van der Waals surface area contributed by atoms with Gasteiger partial charge in [0.15, 0.2) is 0 Å². The van der Waals surface area contributed by atoms with Gasteiger partial charge in [-0.2, -0.15) is 0 Å². The number of carboxylic acids is 1. The Bertz CT molecular complexity index is 368. The van der Waals surface area contributed by atoms with E-state index in [-0.39, 0.29) is 10.7 Å². The van der Waals surface area contributed by atoms with Crippen LogP contribution in [0, 0.1) is 0 Å². The number of nitrogens with zero attached hydrogens (tertiary/aromatic N) is 1. The van der Waals surface area contributed by atoms with Crippen molar-refractivity contribution in [1.82, 2.24) is 4.98 Å². The standard InChI is InChI=1S/C9H9BrClNO2/c1-2-5-3-6(9(13)14)7(4-10)8(11)12-5/h3H,2,4H2,1H3,(H,13,14). The zero-order valence-corrected chi connectivity index (χ0v) is 9.89. The topological polar surface area (TPSA) is 50.2 Å². The summed E-state index contributed by atoms with van der Waals surface area (Å²) in [7, 11) is 0. The highest BCUT2D eigenvalue weighted by Crippen LogP contribution is 2.22. The first-order valence-electron chi connectivity index (χ1n) is 4.07. The summed E-state index contributed by atoms with van der Waals surface area (Å²) in [5.74, 6) is -0.974. The average Bonchev–Trinajstić information content (AvgIpc) is 2.16. The van der Waals surface area contributed by atoms with Gasteiger partial charge in [0.2, 0.25) is 0 Å². The van der Waals surface area contributed by atoms with Gasteiger partial charge in [-0.05, 0) is 12.5 Å². The number of hydrogen-bond donors (Lipinski definition) is 1. The molecule has 1 heterocycles. The number of alkyl halides is 1. The summed E-state index contributed by atoms with van der Waals surface area (Å²) >= 11 is 9.04. The summed E-state index contributed by atoms with van der Waals surface area (Å²) in [6.45, 7) is 1.90. The summed E-state index contributed by atoms with van der Waals surface area (Å²) in [6.07, 6.45) is 0.669. The van der Waals surface area contributed by atoms with Crippen LogP contribution in [-0.4, -0.2) is 16.1 Å². The lowest BCUT2D eigenvalue weighted by Gasteiger charge is -2.06. The van der Waals surface area contributed by atoms with Gasteiger partial charge in [0.1, 0.15) is 5.15 Å². The monoisotopic (exact) mass is 277 g/mol. The van der Waals surface area contributed by atoms with E-state index in [4.69, 9.17) is 16.7 Å². The lowest BCUT2D eigenvalue weighted by atomic mass is 10.1. The fraction of sp³-hybridized carbons (Fsp3) is 0.333. The third-order valence-electron chi connectivity index (χ3n) is 1.85. The second-order valence-corrected chi connectivity index (χ2v) is 3.64. The minimum absolute atomic E-state index is 0.221. The van der Waals surface area contributed by atoms with Gasteiger partial charge in [-0.15, -0.1) is 0 Å². The van der Waals surface area contributed by atoms with E-state index >= 15 is 0 Å². The largest absolute Gasteiger partial charge is 0.478 e. The number of aromatic carboxylic acids is 1. The molecule has 3 nitrogen and oxygen atoms in total. The number of aryl methyl sites for hydroxylation is 1. The smallest absolute Gasteiger partial charge is 0.336 e. The van der Waals surface area contributed by atoms with Crippen LogP contribution >= 0.6 is 27.5 Å². The van der Waals surface area contributed by atoms with E-state index < -0.39 is 5.97 Å². The molecule has 0 aromatic carbocycles. The minimum atomic E-state index is -0.974. The molecule has 76 valence electrons. The Balaban J connectivity index is 3.35. The first-order valence-corrected chi connectivity index (χ1v) is 5.57. The molecule has 1 aromatic heterocycles. The molecule has 0 spiro atoms. The molecule has 0 atom stereocenters. The van der Waals surface area contributed by atoms with Crippen molar-refractivity contribution < 1.29 is 9.90 Å². The molecule has 1 N–H and O–H groups in total. The van der Waals surface area contributed by atoms with Gasteiger partial charge < -0.3 is 5.11 Å². The first-order chi connectivity index (χ1) is 6.60. The molecule has 0 saturated carbocycles. The van der Waals surface area contributed by atoms with Crippen molar-refractivity contribution in [3.05, 3.63) is 28.0 Å². The van der Waals surface area contributed by atoms with Crippen LogP contribution in [0.3, 0.4) is 0 Å². The number of rotatable bonds is 3. The molecule has 0 bridgehead atoms. The molecule has 0 amide bonds. The van der Waals surface area contributed by atoms with Crippen LogP contribution in [0.25, 0.3) is 0 Å². The van der Waals surface area contributed by atoms with Crippen LogP contribution in [0.2, 0.25) is 5.15 Å². The van der Waals surface area contributed by atoms with Crippen LogP contribution in [0.1, 0.15) is 28.5 Å². The molecule has 5 heteroatoms. The summed E-state index contributed by atoms with van der Waals surface area (Å²) in [5.41, 5.74) is 1.44. The SMILES string of the molecule is CCc1cc(C(=O)O)c(CBr)c(Cl)n1. The normalized spacial score (nSPS) is 10.2. The molecule has 0 aliphatic heterocycles. The maximum absolute atomic E-state index is 10.9. The van der Waals surface area contributed by atoms with Gasteiger partial charge in [0.05, 0.1) is 5.56 Å². The van der Waals surface area contributed by atoms with Gasteiger partial charge in [-0.1, -0.05) is 34.5 Å². The van der Waals surface area contributed by atoms with E-state index in [1.807, 2.05) is 6.92 Å². The van der Waals surface area contributed by atoms with E-state index in [0.717, 1.165) is 0 Å². The molecule has 0 saturated heterocycles. The minimum Gasteiger partial charge on any atom is -0.478 e. The van der Waals surface area contributed by atoms with E-state index in [1.54, 1.807) is 6.07 Å². The maximum Gasteiger partial charge on any atom is 0.336 e. The highest BCUT2D eigenvalue weighted by Gasteiger charge is 2.14. The van der Waals surface area contributed by atoms with E-state index in [2.05, 4.69) is 20.9 Å². The Labute approximate surface area is 95.2 Å². The molecule has 0 fully saturated rings. The zero-order chi connectivity index (χ0) is 10.7. The molecule has 1 aromatic rings. The Morgan fingerprint density at radius 1 is 1.71 bits per heavy atom. The lowest BCUT2D eigenvalue weighted by Crippen LogP contribution is -2.05. The van der Waals surface area contributed by atoms with Crippen molar-refractivity contribution in [3.63, 3.8) is 0 Å². The lowest BCUT2D eigenvalue weighted by molar-refractivity contribution is 0.0695. The zero-order valence-electron chi connectivity index (χ0n) is 7.55. The molecular weight excluding hydrogens is 269 g/mol. The van der Waals surface area contributed by atoms with Crippen LogP contribution in [0.15, 0.2) is 6.07 Å². The van der Waals surface area contributed by atoms with Crippen molar-refractivity contribution >= 4 is 33.5 Å². The first kappa shape index (κ1) is 11.5. The Hall–Kier alpha value is -0.610. The summed E-state index contributed by atoms with van der Waals surface area (Å²) in [6, 6.07) is 1.56. The van der Waals surface area contributed by atoms with Gasteiger partial charge in [-0.3, -0.25) is 0 Å². The van der Waals surface area contributed by atoms with Crippen molar-refractivity contribution in [2.75, 3.05) is 0 Å². The quantitative estimate of drug-likeness (QED) is 0.683. The van der Waals surface area contributed by atoms with E-state index in [1.165, 1.54) is 0 Å². The molecule has 14 heavy (non-hydrogen) atoms. The Morgan fingerprint density at radius 2 is 2.36 bits per heavy atom. The van der Waals surface area contributed by atoms with Gasteiger partial charge in [0.25, 0.3) is 0 Å². The van der Waals surface area contributed by atoms with Crippen molar-refractivity contribution in [3.8, 4) is 0 Å². The van der Waals surface area contributed by atoms with Crippen LogP contribution in [0.4, 0.5) is 0 Å². The average molecular weight is 279 g/mol. The third-order valence-corrected chi connectivity index (χ3v) is 2.73. The number of hydrogen-bond acceptors (Lipinski definition) is 2. The van der Waals surface area contributed by atoms with Crippen molar-refractivity contribution in [2.24, 2.45) is 0 Å². The number of halogens is 2. The second-order valence-electron chi connectivity index (χ2n) is 2.72.